The molecule has 0 radical (unpaired) electrons. The third-order valence-electron chi connectivity index (χ3n) is 3.32. The summed E-state index contributed by atoms with van der Waals surface area (Å²) in [4.78, 5) is 16.5. The van der Waals surface area contributed by atoms with E-state index in [1.54, 1.807) is 4.90 Å². The largest absolute Gasteiger partial charge is 0.476 e. The second kappa shape index (κ2) is 5.47. The minimum absolute atomic E-state index is 0.00595. The standard InChI is InChI=1S/C12H12ClF3N2O2/c13-8-1-2-9(17-10(8)11(19)20)18-5-3-7(4-6-18)12(14,15)16/h1-2,7H,3-6H2,(H,19,20). The van der Waals surface area contributed by atoms with E-state index in [-0.39, 0.29) is 36.6 Å². The summed E-state index contributed by atoms with van der Waals surface area (Å²) in [7, 11) is 0. The molecule has 1 aromatic heterocycles. The molecular weight excluding hydrogens is 297 g/mol. The highest BCUT2D eigenvalue weighted by Crippen LogP contribution is 2.35. The number of hydrogen-bond donors (Lipinski definition) is 1. The van der Waals surface area contributed by atoms with Crippen LogP contribution in [0.15, 0.2) is 12.1 Å². The number of carbonyl (C=O) groups is 1. The van der Waals surface area contributed by atoms with Gasteiger partial charge < -0.3 is 10.0 Å². The predicted molar refractivity (Wildman–Crippen MR) is 67.2 cm³/mol. The lowest BCUT2D eigenvalue weighted by Crippen LogP contribution is -2.39. The smallest absolute Gasteiger partial charge is 0.391 e. The molecule has 0 aliphatic carbocycles. The number of aromatic nitrogens is 1. The first kappa shape index (κ1) is 14.9. The average molecular weight is 309 g/mol. The lowest BCUT2D eigenvalue weighted by atomic mass is 9.96. The van der Waals surface area contributed by atoms with E-state index in [0.29, 0.717) is 5.82 Å². The normalized spacial score (nSPS) is 17.3. The molecule has 2 heterocycles. The van der Waals surface area contributed by atoms with E-state index in [4.69, 9.17) is 16.7 Å². The van der Waals surface area contributed by atoms with Gasteiger partial charge in [0.25, 0.3) is 0 Å². The Morgan fingerprint density at radius 2 is 1.95 bits per heavy atom. The molecule has 1 aromatic rings. The van der Waals surface area contributed by atoms with Crippen LogP contribution in [0.25, 0.3) is 0 Å². The fourth-order valence-electron chi connectivity index (χ4n) is 2.19. The van der Waals surface area contributed by atoms with Gasteiger partial charge >= 0.3 is 12.1 Å². The highest BCUT2D eigenvalue weighted by Gasteiger charge is 2.41. The molecule has 0 amide bonds. The monoisotopic (exact) mass is 308 g/mol. The van der Waals surface area contributed by atoms with Crippen LogP contribution in [0.3, 0.4) is 0 Å². The van der Waals surface area contributed by atoms with E-state index >= 15 is 0 Å². The van der Waals surface area contributed by atoms with Crippen molar-refractivity contribution in [2.75, 3.05) is 18.0 Å². The molecule has 0 aromatic carbocycles. The van der Waals surface area contributed by atoms with Crippen molar-refractivity contribution in [2.24, 2.45) is 5.92 Å². The summed E-state index contributed by atoms with van der Waals surface area (Å²) >= 11 is 5.70. The Morgan fingerprint density at radius 1 is 1.35 bits per heavy atom. The van der Waals surface area contributed by atoms with Gasteiger partial charge in [-0.2, -0.15) is 13.2 Å². The third-order valence-corrected chi connectivity index (χ3v) is 3.62. The number of rotatable bonds is 2. The fourth-order valence-corrected chi connectivity index (χ4v) is 2.38. The van der Waals surface area contributed by atoms with Gasteiger partial charge in [-0.15, -0.1) is 0 Å². The van der Waals surface area contributed by atoms with Gasteiger partial charge in [-0.05, 0) is 25.0 Å². The van der Waals surface area contributed by atoms with E-state index in [9.17, 15) is 18.0 Å². The summed E-state index contributed by atoms with van der Waals surface area (Å²) in [5.41, 5.74) is -0.290. The summed E-state index contributed by atoms with van der Waals surface area (Å²) < 4.78 is 37.7. The molecule has 20 heavy (non-hydrogen) atoms. The Kier molecular flexibility index (Phi) is 4.08. The zero-order valence-electron chi connectivity index (χ0n) is 10.3. The van der Waals surface area contributed by atoms with Crippen LogP contribution >= 0.6 is 11.6 Å². The molecule has 0 bridgehead atoms. The topological polar surface area (TPSA) is 53.4 Å². The zero-order valence-corrected chi connectivity index (χ0v) is 11.1. The van der Waals surface area contributed by atoms with Crippen LogP contribution in [0.4, 0.5) is 19.0 Å². The number of halogens is 4. The molecule has 1 saturated heterocycles. The van der Waals surface area contributed by atoms with Gasteiger partial charge in [-0.25, -0.2) is 9.78 Å². The number of nitrogens with zero attached hydrogens (tertiary/aromatic N) is 2. The lowest BCUT2D eigenvalue weighted by Gasteiger charge is -2.33. The second-order valence-electron chi connectivity index (χ2n) is 4.61. The van der Waals surface area contributed by atoms with Crippen LogP contribution in [-0.2, 0) is 0 Å². The molecule has 110 valence electrons. The zero-order chi connectivity index (χ0) is 14.9. The molecule has 8 heteroatoms. The molecule has 0 unspecified atom stereocenters. The SMILES string of the molecule is O=C(O)c1nc(N2CCC(C(F)(F)F)CC2)ccc1Cl. The molecule has 4 nitrogen and oxygen atoms in total. The van der Waals surface area contributed by atoms with Gasteiger partial charge in [-0.1, -0.05) is 11.6 Å². The number of carboxylic acid groups (broad SMARTS) is 1. The van der Waals surface area contributed by atoms with Crippen molar-refractivity contribution < 1.29 is 23.1 Å². The molecule has 1 N–H and O–H groups in total. The van der Waals surface area contributed by atoms with Gasteiger partial charge in [0.2, 0.25) is 0 Å². The molecular formula is C12H12ClF3N2O2. The first-order valence-corrected chi connectivity index (χ1v) is 6.38. The third kappa shape index (κ3) is 3.15. The highest BCUT2D eigenvalue weighted by atomic mass is 35.5. The molecule has 0 saturated carbocycles. The van der Waals surface area contributed by atoms with Crippen LogP contribution in [-0.4, -0.2) is 35.3 Å². The Morgan fingerprint density at radius 3 is 2.45 bits per heavy atom. The highest BCUT2D eigenvalue weighted by molar-refractivity contribution is 6.33. The van der Waals surface area contributed by atoms with Gasteiger partial charge in [0.05, 0.1) is 10.9 Å². The summed E-state index contributed by atoms with van der Waals surface area (Å²) in [6.07, 6.45) is -4.21. The van der Waals surface area contributed by atoms with E-state index in [2.05, 4.69) is 4.98 Å². The average Bonchev–Trinajstić information content (AvgIpc) is 2.38. The Bertz CT molecular complexity index is 514. The Balaban J connectivity index is 2.11. The van der Waals surface area contributed by atoms with Crippen molar-refractivity contribution >= 4 is 23.4 Å². The van der Waals surface area contributed by atoms with Crippen LogP contribution in [0, 0.1) is 5.92 Å². The van der Waals surface area contributed by atoms with Crippen LogP contribution in [0.1, 0.15) is 23.3 Å². The molecule has 2 rings (SSSR count). The number of anilines is 1. The van der Waals surface area contributed by atoms with E-state index < -0.39 is 18.1 Å². The van der Waals surface area contributed by atoms with Gasteiger partial charge in [0.15, 0.2) is 5.69 Å². The van der Waals surface area contributed by atoms with E-state index in [1.165, 1.54) is 12.1 Å². The number of pyridine rings is 1. The minimum Gasteiger partial charge on any atom is -0.476 e. The fraction of sp³-hybridized carbons (Fsp3) is 0.500. The summed E-state index contributed by atoms with van der Waals surface area (Å²) in [5.74, 6) is -2.22. The maximum atomic E-state index is 12.6. The summed E-state index contributed by atoms with van der Waals surface area (Å²) in [6, 6.07) is 2.91. The van der Waals surface area contributed by atoms with E-state index in [1.807, 2.05) is 0 Å². The number of hydrogen-bond acceptors (Lipinski definition) is 3. The van der Waals surface area contributed by atoms with Crippen molar-refractivity contribution in [1.82, 2.24) is 4.98 Å². The summed E-state index contributed by atoms with van der Waals surface area (Å²) in [5, 5.41) is 8.93. The Labute approximate surface area is 118 Å². The first-order chi connectivity index (χ1) is 9.29. The van der Waals surface area contributed by atoms with Gasteiger partial charge in [0, 0.05) is 13.1 Å². The summed E-state index contributed by atoms with van der Waals surface area (Å²) in [6.45, 7) is 0.385. The van der Waals surface area contributed by atoms with E-state index in [0.717, 1.165) is 0 Å². The van der Waals surface area contributed by atoms with Crippen molar-refractivity contribution in [1.29, 1.82) is 0 Å². The van der Waals surface area contributed by atoms with Crippen LogP contribution in [0.2, 0.25) is 5.02 Å². The number of aromatic carboxylic acids is 1. The quantitative estimate of drug-likeness (QED) is 0.911. The van der Waals surface area contributed by atoms with Gasteiger partial charge in [0.1, 0.15) is 5.82 Å². The molecule has 1 aliphatic rings. The number of alkyl halides is 3. The van der Waals surface area contributed by atoms with Crippen LogP contribution in [0.5, 0.6) is 0 Å². The maximum absolute atomic E-state index is 12.6. The van der Waals surface area contributed by atoms with Crippen molar-refractivity contribution in [2.45, 2.75) is 19.0 Å². The predicted octanol–water partition coefficient (Wildman–Crippen LogP) is 3.21. The minimum atomic E-state index is -4.17. The number of piperidine rings is 1. The molecule has 0 spiro atoms. The van der Waals surface area contributed by atoms with Crippen molar-refractivity contribution in [3.8, 4) is 0 Å². The van der Waals surface area contributed by atoms with Crippen molar-refractivity contribution in [3.05, 3.63) is 22.8 Å². The maximum Gasteiger partial charge on any atom is 0.391 e. The molecule has 1 fully saturated rings. The van der Waals surface area contributed by atoms with Crippen LogP contribution < -0.4 is 4.90 Å². The molecule has 1 aliphatic heterocycles. The van der Waals surface area contributed by atoms with Crippen molar-refractivity contribution in [3.63, 3.8) is 0 Å². The second-order valence-corrected chi connectivity index (χ2v) is 5.02. The number of carboxylic acids is 1. The Hall–Kier alpha value is -1.50. The first-order valence-electron chi connectivity index (χ1n) is 6.00. The van der Waals surface area contributed by atoms with Gasteiger partial charge in [-0.3, -0.25) is 0 Å². The molecule has 0 atom stereocenters. The lowest BCUT2D eigenvalue weighted by molar-refractivity contribution is -0.179.